The minimum atomic E-state index is -1.94. The number of amides is 3. The molecule has 3 amide bonds. The molecular weight excluding hydrogens is 532 g/mol. The van der Waals surface area contributed by atoms with Gasteiger partial charge in [-0.05, 0) is 31.9 Å². The van der Waals surface area contributed by atoms with Gasteiger partial charge >= 0.3 is 24.9 Å². The summed E-state index contributed by atoms with van der Waals surface area (Å²) in [5, 5.41) is 45.3. The number of carbonyl (C=O) groups excluding carboxylic acids is 3. The van der Waals surface area contributed by atoms with Gasteiger partial charge in [-0.15, -0.1) is 0 Å². The molecule has 1 aromatic heterocycles. The maximum Gasteiger partial charge on any atom is 0.547 e. The van der Waals surface area contributed by atoms with E-state index in [2.05, 4.69) is 15.6 Å². The van der Waals surface area contributed by atoms with Crippen molar-refractivity contribution in [3.63, 3.8) is 0 Å². The molecule has 2 unspecified atom stereocenters. The van der Waals surface area contributed by atoms with Crippen LogP contribution in [0.4, 0.5) is 4.39 Å². The van der Waals surface area contributed by atoms with E-state index in [-0.39, 0.29) is 30.8 Å². The second-order valence-corrected chi connectivity index (χ2v) is 9.37. The molecule has 2 aromatic rings. The van der Waals surface area contributed by atoms with Crippen LogP contribution < -0.4 is 15.3 Å². The van der Waals surface area contributed by atoms with Gasteiger partial charge in [0.2, 0.25) is 5.91 Å². The van der Waals surface area contributed by atoms with Gasteiger partial charge in [0.05, 0.1) is 23.7 Å². The zero-order valence-electron chi connectivity index (χ0n) is 21.4. The van der Waals surface area contributed by atoms with Gasteiger partial charge in [0.1, 0.15) is 23.2 Å². The number of carboxylic acids is 1. The standard InChI is InChI=1S/C24H27BFN5O9/c1-3-30-10-11(2)31(22(35)21(30)34)24(38)29-18(17-15(26)8-13(32)9-27-17)20(33)28-16-7-12-5-4-6-14(23(36)37)19(12)40-25(16)39/h4-6,8-9,11,16,18,24,29,32,38-39H,3,7,10H2,1-2H3,(H,28,33)(H,36,37)/t11-,16-,18?,24?/m0/s1. The summed E-state index contributed by atoms with van der Waals surface area (Å²) in [6.07, 6.45) is -1.14. The quantitative estimate of drug-likeness (QED) is 0.128. The third-order valence-corrected chi connectivity index (χ3v) is 6.69. The molecule has 0 bridgehead atoms. The molecule has 2 aliphatic heterocycles. The fraction of sp³-hybridized carbons (Fsp3) is 0.375. The minimum Gasteiger partial charge on any atom is -0.534 e. The first-order valence-electron chi connectivity index (χ1n) is 12.3. The molecule has 0 saturated carbocycles. The number of aliphatic hydroxyl groups excluding tert-OH is 1. The van der Waals surface area contributed by atoms with Crippen molar-refractivity contribution in [1.82, 2.24) is 25.4 Å². The van der Waals surface area contributed by atoms with E-state index in [1.165, 1.54) is 17.0 Å². The average molecular weight is 559 g/mol. The topological polar surface area (TPSA) is 202 Å². The molecule has 2 aliphatic rings. The van der Waals surface area contributed by atoms with Crippen molar-refractivity contribution in [2.45, 2.75) is 44.6 Å². The zero-order valence-corrected chi connectivity index (χ0v) is 21.4. The van der Waals surface area contributed by atoms with E-state index in [4.69, 9.17) is 4.65 Å². The molecule has 16 heteroatoms. The van der Waals surface area contributed by atoms with E-state index in [9.17, 15) is 43.9 Å². The molecule has 3 heterocycles. The number of rotatable bonds is 8. The summed E-state index contributed by atoms with van der Waals surface area (Å²) in [6, 6.07) is 2.54. The molecule has 0 radical (unpaired) electrons. The van der Waals surface area contributed by atoms with Crippen LogP contribution in [0.5, 0.6) is 11.5 Å². The highest BCUT2D eigenvalue weighted by atomic mass is 19.1. The number of hydrogen-bond acceptors (Lipinski definition) is 10. The van der Waals surface area contributed by atoms with E-state index in [0.717, 1.165) is 11.1 Å². The molecule has 1 aromatic carbocycles. The maximum absolute atomic E-state index is 14.8. The Morgan fingerprint density at radius 3 is 2.67 bits per heavy atom. The van der Waals surface area contributed by atoms with Crippen LogP contribution >= 0.6 is 0 Å². The number of para-hydroxylation sites is 1. The lowest BCUT2D eigenvalue weighted by Crippen LogP contribution is -2.65. The fourth-order valence-electron chi connectivity index (χ4n) is 4.70. The lowest BCUT2D eigenvalue weighted by Gasteiger charge is -2.41. The number of aromatic carboxylic acids is 1. The Kier molecular flexibility index (Phi) is 8.22. The molecule has 1 fully saturated rings. The Hall–Kier alpha value is -4.28. The number of benzene rings is 1. The number of nitrogens with zero attached hydrogens (tertiary/aromatic N) is 3. The third kappa shape index (κ3) is 5.54. The second-order valence-electron chi connectivity index (χ2n) is 9.37. The SMILES string of the molecule is CCN1C[C@H](C)N(C(O)NC(C(=O)N[C@H]2Cc3cccc(C(=O)O)c3OB2O)c2ncc(O)cc2F)C(=O)C1=O. The number of aromatic hydroxyl groups is 1. The van der Waals surface area contributed by atoms with Crippen molar-refractivity contribution < 1.29 is 48.6 Å². The molecule has 4 rings (SSSR count). The van der Waals surface area contributed by atoms with Gasteiger partial charge in [0, 0.05) is 19.2 Å². The van der Waals surface area contributed by atoms with Gasteiger partial charge in [0.25, 0.3) is 0 Å². The van der Waals surface area contributed by atoms with E-state index >= 15 is 0 Å². The van der Waals surface area contributed by atoms with Crippen molar-refractivity contribution in [2.75, 3.05) is 13.1 Å². The van der Waals surface area contributed by atoms with Gasteiger partial charge in [-0.3, -0.25) is 29.6 Å². The van der Waals surface area contributed by atoms with E-state index in [0.29, 0.717) is 11.6 Å². The van der Waals surface area contributed by atoms with Gasteiger partial charge in [-0.1, -0.05) is 12.1 Å². The number of pyridine rings is 1. The summed E-state index contributed by atoms with van der Waals surface area (Å²) in [4.78, 5) is 55.9. The number of likely N-dealkylation sites (N-methyl/N-ethyl adjacent to an activating group) is 1. The van der Waals surface area contributed by atoms with Crippen molar-refractivity contribution >= 4 is 30.8 Å². The first kappa shape index (κ1) is 28.7. The Labute approximate surface area is 227 Å². The van der Waals surface area contributed by atoms with E-state index < -0.39 is 72.4 Å². The monoisotopic (exact) mass is 559 g/mol. The number of halogens is 1. The van der Waals surface area contributed by atoms with Crippen LogP contribution in [0.25, 0.3) is 0 Å². The van der Waals surface area contributed by atoms with Crippen molar-refractivity contribution in [3.05, 3.63) is 53.1 Å². The molecule has 40 heavy (non-hydrogen) atoms. The average Bonchev–Trinajstić information content (AvgIpc) is 2.89. The predicted molar refractivity (Wildman–Crippen MR) is 134 cm³/mol. The second kappa shape index (κ2) is 11.5. The van der Waals surface area contributed by atoms with Gasteiger partial charge in [0.15, 0.2) is 12.2 Å². The Balaban J connectivity index is 1.60. The first-order chi connectivity index (χ1) is 18.9. The van der Waals surface area contributed by atoms with Crippen LogP contribution in [0.15, 0.2) is 30.5 Å². The molecule has 6 N–H and O–H groups in total. The van der Waals surface area contributed by atoms with Crippen molar-refractivity contribution in [3.8, 4) is 11.5 Å². The van der Waals surface area contributed by atoms with Crippen LogP contribution in [0, 0.1) is 5.82 Å². The number of hydrogen-bond donors (Lipinski definition) is 6. The maximum atomic E-state index is 14.8. The summed E-state index contributed by atoms with van der Waals surface area (Å²) < 4.78 is 20.2. The van der Waals surface area contributed by atoms with Gasteiger partial charge in [-0.25, -0.2) is 9.18 Å². The number of aliphatic hydroxyl groups is 1. The van der Waals surface area contributed by atoms with Crippen LogP contribution in [0.3, 0.4) is 0 Å². The molecule has 0 aliphatic carbocycles. The molecule has 0 spiro atoms. The minimum absolute atomic E-state index is 0.0623. The summed E-state index contributed by atoms with van der Waals surface area (Å²) in [5.41, 5.74) is -0.371. The van der Waals surface area contributed by atoms with Crippen molar-refractivity contribution in [1.29, 1.82) is 0 Å². The predicted octanol–water partition coefficient (Wildman–Crippen LogP) is -1.25. The zero-order chi connectivity index (χ0) is 29.3. The number of fused-ring (bicyclic) bond motifs is 1. The molecule has 4 atom stereocenters. The summed E-state index contributed by atoms with van der Waals surface area (Å²) in [7, 11) is -1.69. The lowest BCUT2D eigenvalue weighted by atomic mass is 9.72. The normalized spacial score (nSPS) is 20.5. The van der Waals surface area contributed by atoms with Crippen LogP contribution in [0.2, 0.25) is 0 Å². The number of carbonyl (C=O) groups is 4. The number of nitrogens with one attached hydrogen (secondary N) is 2. The highest BCUT2D eigenvalue weighted by Crippen LogP contribution is 2.30. The van der Waals surface area contributed by atoms with Gasteiger partial charge in [-0.2, -0.15) is 0 Å². The largest absolute Gasteiger partial charge is 0.547 e. The van der Waals surface area contributed by atoms with Crippen LogP contribution in [-0.2, 0) is 20.8 Å². The first-order valence-corrected chi connectivity index (χ1v) is 12.3. The highest BCUT2D eigenvalue weighted by Gasteiger charge is 2.43. The van der Waals surface area contributed by atoms with Crippen LogP contribution in [-0.4, -0.2) is 97.4 Å². The van der Waals surface area contributed by atoms with E-state index in [1.807, 2.05) is 0 Å². The fourth-order valence-corrected chi connectivity index (χ4v) is 4.70. The van der Waals surface area contributed by atoms with Gasteiger partial charge < -0.3 is 35.2 Å². The Bertz CT molecular complexity index is 1350. The summed E-state index contributed by atoms with van der Waals surface area (Å²) in [6.45, 7) is 3.63. The summed E-state index contributed by atoms with van der Waals surface area (Å²) in [5.74, 6) is -7.05. The number of piperazine rings is 1. The number of aromatic nitrogens is 1. The highest BCUT2D eigenvalue weighted by molar-refractivity contribution is 6.47. The molecule has 1 saturated heterocycles. The molecular formula is C24H27BFN5O9. The van der Waals surface area contributed by atoms with Crippen molar-refractivity contribution in [2.24, 2.45) is 0 Å². The van der Waals surface area contributed by atoms with E-state index in [1.54, 1.807) is 19.9 Å². The Morgan fingerprint density at radius 1 is 1.30 bits per heavy atom. The molecule has 14 nitrogen and oxygen atoms in total. The smallest absolute Gasteiger partial charge is 0.534 e. The number of carboxylic acid groups (broad SMARTS) is 1. The molecule has 212 valence electrons. The lowest BCUT2D eigenvalue weighted by molar-refractivity contribution is -0.170. The van der Waals surface area contributed by atoms with Crippen LogP contribution in [0.1, 0.15) is 41.5 Å². The third-order valence-electron chi connectivity index (χ3n) is 6.69. The summed E-state index contributed by atoms with van der Waals surface area (Å²) >= 11 is 0. The Morgan fingerprint density at radius 2 is 2.02 bits per heavy atom.